The van der Waals surface area contributed by atoms with Crippen LogP contribution in [0.1, 0.15) is 56.2 Å². The zero-order valence-electron chi connectivity index (χ0n) is 22.5. The van der Waals surface area contributed by atoms with Crippen molar-refractivity contribution in [3.05, 3.63) is 113 Å². The monoisotopic (exact) mass is 534 g/mol. The molecule has 0 saturated carbocycles. The lowest BCUT2D eigenvalue weighted by Gasteiger charge is -2.19. The summed E-state index contributed by atoms with van der Waals surface area (Å²) in [6.07, 6.45) is 0.357. The van der Waals surface area contributed by atoms with Gasteiger partial charge < -0.3 is 4.74 Å². The molecule has 4 aromatic carbocycles. The summed E-state index contributed by atoms with van der Waals surface area (Å²) >= 11 is 0. The molecule has 5 heteroatoms. The van der Waals surface area contributed by atoms with Gasteiger partial charge in [0.2, 0.25) is 0 Å². The van der Waals surface area contributed by atoms with E-state index >= 15 is 0 Å². The van der Waals surface area contributed by atoms with Crippen LogP contribution < -0.4 is 4.74 Å². The fourth-order valence-corrected chi connectivity index (χ4v) is 4.59. The molecule has 0 bridgehead atoms. The highest BCUT2D eigenvalue weighted by Gasteiger charge is 2.32. The Morgan fingerprint density at radius 1 is 0.615 bits per heavy atom. The van der Waals surface area contributed by atoms with Crippen molar-refractivity contribution in [2.75, 3.05) is 0 Å². The summed E-state index contributed by atoms with van der Waals surface area (Å²) in [4.78, 5) is 0. The Bertz CT molecular complexity index is 1320. The van der Waals surface area contributed by atoms with Crippen LogP contribution in [-0.2, 0) is 19.3 Å². The maximum Gasteiger partial charge on any atom is 0.398 e. The van der Waals surface area contributed by atoms with Gasteiger partial charge in [-0.2, -0.15) is 8.78 Å². The van der Waals surface area contributed by atoms with E-state index in [0.29, 0.717) is 11.1 Å². The number of alkyl halides is 2. The smallest absolute Gasteiger partial charge is 0.398 e. The van der Waals surface area contributed by atoms with E-state index in [1.165, 1.54) is 35.4 Å². The summed E-state index contributed by atoms with van der Waals surface area (Å²) in [7, 11) is 0. The molecule has 0 aliphatic carbocycles. The van der Waals surface area contributed by atoms with Crippen molar-refractivity contribution in [2.24, 2.45) is 0 Å². The van der Waals surface area contributed by atoms with Crippen molar-refractivity contribution < 1.29 is 22.3 Å². The normalized spacial score (nSPS) is 11.5. The molecule has 0 saturated heterocycles. The molecule has 0 atom stereocenters. The van der Waals surface area contributed by atoms with E-state index in [2.05, 4.69) is 13.8 Å². The van der Waals surface area contributed by atoms with Gasteiger partial charge in [-0.3, -0.25) is 0 Å². The molecule has 204 valence electrons. The minimum absolute atomic E-state index is 0.0108. The molecule has 0 aliphatic rings. The minimum Gasteiger partial charge on any atom is -0.433 e. The molecular weight excluding hydrogens is 500 g/mol. The Balaban J connectivity index is 1.37. The Kier molecular flexibility index (Phi) is 9.45. The SMILES string of the molecule is CCCCCc1ccc(-c2cc(F)c(CCC(F)(F)Oc3ccc(-c4ccc(CC)cc4)cc3)c(F)c2)cc1. The van der Waals surface area contributed by atoms with Crippen LogP contribution in [0.5, 0.6) is 5.75 Å². The first-order chi connectivity index (χ1) is 18.8. The quantitative estimate of drug-likeness (QED) is 0.130. The predicted molar refractivity (Wildman–Crippen MR) is 150 cm³/mol. The number of unbranched alkanes of at least 4 members (excludes halogenated alkanes) is 2. The van der Waals surface area contributed by atoms with Crippen LogP contribution >= 0.6 is 0 Å². The van der Waals surface area contributed by atoms with Crippen LogP contribution in [0.4, 0.5) is 17.6 Å². The maximum atomic E-state index is 14.8. The predicted octanol–water partition coefficient (Wildman–Crippen LogP) is 10.2. The standard InChI is InChI=1S/C34H34F4O/c1-3-5-6-7-25-10-14-28(15-11-25)29-22-32(35)31(33(36)23-29)20-21-34(37,38)39-30-18-16-27(17-19-30)26-12-8-24(4-2)9-13-26/h8-19,22-23H,3-7,20-21H2,1-2H3. The van der Waals surface area contributed by atoms with E-state index < -0.39 is 30.6 Å². The van der Waals surface area contributed by atoms with Gasteiger partial charge in [0.05, 0.1) is 6.42 Å². The molecule has 4 aromatic rings. The van der Waals surface area contributed by atoms with Gasteiger partial charge in [0.25, 0.3) is 0 Å². The molecule has 0 N–H and O–H groups in total. The number of halogens is 4. The summed E-state index contributed by atoms with van der Waals surface area (Å²) in [5.74, 6) is -1.69. The summed E-state index contributed by atoms with van der Waals surface area (Å²) in [5, 5.41) is 0. The average Bonchev–Trinajstić information content (AvgIpc) is 2.93. The van der Waals surface area contributed by atoms with Crippen molar-refractivity contribution >= 4 is 0 Å². The third-order valence-electron chi connectivity index (χ3n) is 6.98. The van der Waals surface area contributed by atoms with Gasteiger partial charge >= 0.3 is 6.11 Å². The van der Waals surface area contributed by atoms with Crippen molar-refractivity contribution in [3.8, 4) is 28.0 Å². The highest BCUT2D eigenvalue weighted by molar-refractivity contribution is 5.65. The first-order valence-corrected chi connectivity index (χ1v) is 13.6. The minimum atomic E-state index is -3.59. The zero-order valence-corrected chi connectivity index (χ0v) is 22.5. The van der Waals surface area contributed by atoms with Gasteiger partial charge in [-0.1, -0.05) is 87.4 Å². The lowest BCUT2D eigenvalue weighted by molar-refractivity contribution is -0.180. The number of hydrogen-bond donors (Lipinski definition) is 0. The number of benzene rings is 4. The number of hydrogen-bond acceptors (Lipinski definition) is 1. The van der Waals surface area contributed by atoms with E-state index in [9.17, 15) is 17.6 Å². The van der Waals surface area contributed by atoms with Crippen molar-refractivity contribution in [2.45, 2.75) is 64.9 Å². The van der Waals surface area contributed by atoms with Crippen LogP contribution in [0, 0.1) is 11.6 Å². The Morgan fingerprint density at radius 3 is 1.67 bits per heavy atom. The van der Waals surface area contributed by atoms with Crippen molar-refractivity contribution in [1.29, 1.82) is 0 Å². The highest BCUT2D eigenvalue weighted by Crippen LogP contribution is 2.31. The third-order valence-corrected chi connectivity index (χ3v) is 6.98. The largest absolute Gasteiger partial charge is 0.433 e. The van der Waals surface area contributed by atoms with Crippen LogP contribution in [0.3, 0.4) is 0 Å². The Morgan fingerprint density at radius 2 is 1.13 bits per heavy atom. The molecule has 0 unspecified atom stereocenters. The maximum absolute atomic E-state index is 14.8. The van der Waals surface area contributed by atoms with Gasteiger partial charge in [0, 0.05) is 5.56 Å². The highest BCUT2D eigenvalue weighted by atomic mass is 19.3. The third kappa shape index (κ3) is 7.72. The second-order valence-corrected chi connectivity index (χ2v) is 9.89. The second kappa shape index (κ2) is 13.0. The molecule has 4 rings (SSSR count). The van der Waals surface area contributed by atoms with Crippen molar-refractivity contribution in [3.63, 3.8) is 0 Å². The van der Waals surface area contributed by atoms with Crippen molar-refractivity contribution in [1.82, 2.24) is 0 Å². The van der Waals surface area contributed by atoms with E-state index in [4.69, 9.17) is 4.74 Å². The van der Waals surface area contributed by atoms with E-state index in [-0.39, 0.29) is 11.3 Å². The van der Waals surface area contributed by atoms with E-state index in [1.807, 2.05) is 48.5 Å². The summed E-state index contributed by atoms with van der Waals surface area (Å²) in [6.45, 7) is 4.23. The Labute approximate surface area is 228 Å². The second-order valence-electron chi connectivity index (χ2n) is 9.89. The van der Waals surface area contributed by atoms with Gasteiger partial charge in [-0.15, -0.1) is 0 Å². The molecule has 0 aromatic heterocycles. The Hall–Kier alpha value is -3.60. The molecule has 0 amide bonds. The molecule has 0 fully saturated rings. The first-order valence-electron chi connectivity index (χ1n) is 13.6. The van der Waals surface area contributed by atoms with Crippen LogP contribution in [0.15, 0.2) is 84.9 Å². The van der Waals surface area contributed by atoms with Crippen LogP contribution in [0.2, 0.25) is 0 Å². The molecule has 0 aliphatic heterocycles. The summed E-state index contributed by atoms with van der Waals surface area (Å²) in [6, 6.07) is 24.4. The molecule has 1 nitrogen and oxygen atoms in total. The van der Waals surface area contributed by atoms with Gasteiger partial charge in [0.15, 0.2) is 0 Å². The molecule has 39 heavy (non-hydrogen) atoms. The average molecular weight is 535 g/mol. The van der Waals surface area contributed by atoms with Gasteiger partial charge in [-0.05, 0) is 83.3 Å². The molecule has 0 heterocycles. The molecular formula is C34H34F4O. The number of rotatable bonds is 12. The van der Waals surface area contributed by atoms with Gasteiger partial charge in [-0.25, -0.2) is 8.78 Å². The fourth-order valence-electron chi connectivity index (χ4n) is 4.59. The van der Waals surface area contributed by atoms with E-state index in [1.54, 1.807) is 12.1 Å². The van der Waals surface area contributed by atoms with Gasteiger partial charge in [0.1, 0.15) is 17.4 Å². The topological polar surface area (TPSA) is 9.23 Å². The van der Waals surface area contributed by atoms with Crippen LogP contribution in [0.25, 0.3) is 22.3 Å². The summed E-state index contributed by atoms with van der Waals surface area (Å²) in [5.41, 5.74) is 4.92. The lowest BCUT2D eigenvalue weighted by Crippen LogP contribution is -2.25. The number of aryl methyl sites for hydroxylation is 2. The summed E-state index contributed by atoms with van der Waals surface area (Å²) < 4.78 is 63.7. The first kappa shape index (κ1) is 28.4. The number of ether oxygens (including phenoxy) is 1. The lowest BCUT2D eigenvalue weighted by atomic mass is 9.98. The molecule has 0 spiro atoms. The zero-order chi connectivity index (χ0) is 27.8. The van der Waals surface area contributed by atoms with E-state index in [0.717, 1.165) is 43.2 Å². The van der Waals surface area contributed by atoms with Crippen LogP contribution in [-0.4, -0.2) is 6.11 Å². The molecule has 0 radical (unpaired) electrons. The fraction of sp³-hybridized carbons (Fsp3) is 0.294.